The lowest BCUT2D eigenvalue weighted by Gasteiger charge is -2.41. The number of rotatable bonds is 5. The van der Waals surface area contributed by atoms with Gasteiger partial charge < -0.3 is 9.47 Å². The van der Waals surface area contributed by atoms with Crippen LogP contribution in [0, 0.1) is 0 Å². The smallest absolute Gasteiger partial charge is 0.0726 e. The first-order valence-electron chi connectivity index (χ1n) is 23.7. The summed E-state index contributed by atoms with van der Waals surface area (Å²) in [4.78, 5) is 2.30. The quantitative estimate of drug-likeness (QED) is 0.169. The molecule has 10 aromatic carbocycles. The maximum absolute atomic E-state index is 9.91. The van der Waals surface area contributed by atoms with Crippen molar-refractivity contribution in [2.24, 2.45) is 0 Å². The van der Waals surface area contributed by atoms with Crippen LogP contribution in [0.1, 0.15) is 30.5 Å². The van der Waals surface area contributed by atoms with Gasteiger partial charge >= 0.3 is 0 Å². The van der Waals surface area contributed by atoms with Crippen LogP contribution in [0.3, 0.4) is 0 Å². The Balaban J connectivity index is 1.17. The first kappa shape index (κ1) is 28.5. The van der Waals surface area contributed by atoms with Crippen molar-refractivity contribution in [3.05, 3.63) is 253 Å². The summed E-state index contributed by atoms with van der Waals surface area (Å²) in [7, 11) is 0. The van der Waals surface area contributed by atoms with E-state index in [1.807, 2.05) is 42.5 Å². The zero-order valence-corrected chi connectivity index (χ0v) is 32.9. The van der Waals surface area contributed by atoms with Crippen molar-refractivity contribution in [3.8, 4) is 39.1 Å². The van der Waals surface area contributed by atoms with Crippen LogP contribution >= 0.6 is 0 Å². The van der Waals surface area contributed by atoms with E-state index in [-0.39, 0.29) is 41.6 Å². The number of hydrogen-bond donors (Lipinski definition) is 0. The fourth-order valence-electron chi connectivity index (χ4n) is 10.5. The Labute approximate surface area is 363 Å². The molecular weight excluding hydrogens is 737 g/mol. The van der Waals surface area contributed by atoms with Gasteiger partial charge in [0.25, 0.3) is 0 Å². The Morgan fingerprint density at radius 1 is 0.410 bits per heavy atom. The van der Waals surface area contributed by atoms with E-state index in [0.29, 0.717) is 22.1 Å². The van der Waals surface area contributed by atoms with Crippen molar-refractivity contribution in [3.63, 3.8) is 0 Å². The average Bonchev–Trinajstić information content (AvgIpc) is 3.86. The Kier molecular flexibility index (Phi) is 6.08. The molecule has 0 saturated heterocycles. The first-order chi connectivity index (χ1) is 32.8. The van der Waals surface area contributed by atoms with E-state index in [4.69, 9.17) is 1.37 Å². The summed E-state index contributed by atoms with van der Waals surface area (Å²) in [6, 6.07) is 65.8. The van der Waals surface area contributed by atoms with Gasteiger partial charge in [0.1, 0.15) is 0 Å². The molecule has 2 heteroatoms. The molecule has 2 nitrogen and oxygen atoms in total. The molecule has 2 aliphatic rings. The molecule has 2 aliphatic carbocycles. The van der Waals surface area contributed by atoms with E-state index >= 15 is 0 Å². The molecule has 0 atom stereocenters. The van der Waals surface area contributed by atoms with Crippen molar-refractivity contribution in [1.29, 1.82) is 0 Å². The van der Waals surface area contributed by atoms with E-state index in [1.165, 1.54) is 0 Å². The summed E-state index contributed by atoms with van der Waals surface area (Å²) in [5.74, 6) is 0. The minimum absolute atomic E-state index is 0.121. The van der Waals surface area contributed by atoms with E-state index in [1.54, 1.807) is 0 Å². The van der Waals surface area contributed by atoms with Crippen molar-refractivity contribution < 1.29 is 8.22 Å². The minimum Gasteiger partial charge on any atom is -0.310 e. The van der Waals surface area contributed by atoms with Crippen molar-refractivity contribution in [2.45, 2.75) is 5.41 Å². The predicted molar refractivity (Wildman–Crippen MR) is 255 cm³/mol. The highest BCUT2D eigenvalue weighted by atomic mass is 15.1. The van der Waals surface area contributed by atoms with Crippen LogP contribution in [-0.2, 0) is 5.41 Å². The average molecular weight is 781 g/mol. The van der Waals surface area contributed by atoms with Gasteiger partial charge in [0, 0.05) is 33.4 Å². The van der Waals surface area contributed by atoms with Crippen LogP contribution < -0.4 is 4.90 Å². The standard InChI is InChI=1S/C59H38N2/c1-3-17-39(18-4-1)44-23-9-13-31-55(44)60(42-34-36-57-50(37-42)48-26-10-14-32-56(48)61(57)41-21-5-2-6-22-41)43-33-35-47-49-27-15-19-40-20-16-30-53(58(40)49)59(54(47)38-43)51-28-11-7-24-45(51)46-25-8-12-29-52(46)59/h1-38H/i15D,16D,19D,20D,27D,30D. The third-order valence-electron chi connectivity index (χ3n) is 12.9. The van der Waals surface area contributed by atoms with Gasteiger partial charge in [-0.2, -0.15) is 0 Å². The van der Waals surface area contributed by atoms with Gasteiger partial charge in [-0.15, -0.1) is 0 Å². The first-order valence-corrected chi connectivity index (χ1v) is 20.7. The molecule has 1 aromatic heterocycles. The lowest BCUT2D eigenvalue weighted by Crippen LogP contribution is -2.32. The van der Waals surface area contributed by atoms with Crippen LogP contribution in [-0.4, -0.2) is 4.57 Å². The number of nitrogens with zero attached hydrogens (tertiary/aromatic N) is 2. The highest BCUT2D eigenvalue weighted by Gasteiger charge is 2.50. The Hall–Kier alpha value is -7.94. The van der Waals surface area contributed by atoms with Crippen LogP contribution in [0.15, 0.2) is 230 Å². The van der Waals surface area contributed by atoms with Gasteiger partial charge in [0.15, 0.2) is 0 Å². The van der Waals surface area contributed by atoms with Crippen molar-refractivity contribution >= 4 is 49.6 Å². The second-order valence-corrected chi connectivity index (χ2v) is 15.9. The minimum atomic E-state index is -1.19. The molecule has 1 spiro atoms. The summed E-state index contributed by atoms with van der Waals surface area (Å²) in [6.07, 6.45) is 0. The van der Waals surface area contributed by atoms with Gasteiger partial charge in [0.2, 0.25) is 0 Å². The van der Waals surface area contributed by atoms with E-state index < -0.39 is 5.41 Å². The summed E-state index contributed by atoms with van der Waals surface area (Å²) < 4.78 is 58.7. The van der Waals surface area contributed by atoms with E-state index in [2.05, 4.69) is 161 Å². The van der Waals surface area contributed by atoms with Crippen molar-refractivity contribution in [1.82, 2.24) is 4.57 Å². The third-order valence-corrected chi connectivity index (χ3v) is 12.9. The topological polar surface area (TPSA) is 8.17 Å². The highest BCUT2D eigenvalue weighted by molar-refractivity contribution is 6.11. The van der Waals surface area contributed by atoms with Gasteiger partial charge in [-0.1, -0.05) is 176 Å². The van der Waals surface area contributed by atoms with Gasteiger partial charge in [-0.25, -0.2) is 0 Å². The molecule has 0 amide bonds. The Morgan fingerprint density at radius 3 is 1.79 bits per heavy atom. The van der Waals surface area contributed by atoms with Crippen LogP contribution in [0.2, 0.25) is 0 Å². The SMILES string of the molecule is [2H]c1c([2H])c2c3c(c([2H])c([2H])c([2H])c3c1[2H])C1(c3ccccc3-c3ccccc31)c1cc(N(c3ccc4c(c3)c3ccccc3n4-c3ccccc3)c3ccccc3-c3ccccc3)ccc1-2. The molecule has 0 radical (unpaired) electrons. The lowest BCUT2D eigenvalue weighted by atomic mass is 9.61. The van der Waals surface area contributed by atoms with E-state index in [0.717, 1.165) is 83.5 Å². The maximum Gasteiger partial charge on any atom is 0.0726 e. The molecule has 0 fully saturated rings. The number of hydrogen-bond acceptors (Lipinski definition) is 1. The summed E-state index contributed by atoms with van der Waals surface area (Å²) in [6.45, 7) is 0. The monoisotopic (exact) mass is 780 g/mol. The molecule has 13 rings (SSSR count). The van der Waals surface area contributed by atoms with Crippen LogP contribution in [0.5, 0.6) is 0 Å². The van der Waals surface area contributed by atoms with Crippen LogP contribution in [0.4, 0.5) is 17.1 Å². The molecule has 0 unspecified atom stereocenters. The number of aromatic nitrogens is 1. The van der Waals surface area contributed by atoms with Crippen LogP contribution in [0.25, 0.3) is 71.6 Å². The molecule has 0 saturated carbocycles. The fourth-order valence-corrected chi connectivity index (χ4v) is 10.5. The zero-order valence-electron chi connectivity index (χ0n) is 38.9. The number of para-hydroxylation sites is 3. The largest absolute Gasteiger partial charge is 0.310 e. The molecular formula is C59H38N2. The molecule has 11 aromatic rings. The highest BCUT2D eigenvalue weighted by Crippen LogP contribution is 2.62. The Morgan fingerprint density at radius 2 is 1.00 bits per heavy atom. The zero-order chi connectivity index (χ0) is 45.3. The number of benzene rings is 10. The summed E-state index contributed by atoms with van der Waals surface area (Å²) >= 11 is 0. The summed E-state index contributed by atoms with van der Waals surface area (Å²) in [5.41, 5.74) is 13.1. The third kappa shape index (κ3) is 4.73. The number of anilines is 3. The molecule has 1 heterocycles. The maximum atomic E-state index is 9.91. The molecule has 0 bridgehead atoms. The molecule has 0 aliphatic heterocycles. The molecule has 61 heavy (non-hydrogen) atoms. The van der Waals surface area contributed by atoms with Gasteiger partial charge in [-0.05, 0) is 115 Å². The van der Waals surface area contributed by atoms with Gasteiger partial charge in [-0.3, -0.25) is 0 Å². The van der Waals surface area contributed by atoms with Gasteiger partial charge in [0.05, 0.1) is 30.4 Å². The number of fused-ring (bicyclic) bond motifs is 12. The second-order valence-electron chi connectivity index (χ2n) is 15.9. The lowest BCUT2D eigenvalue weighted by molar-refractivity contribution is 0.773. The molecule has 0 N–H and O–H groups in total. The second kappa shape index (κ2) is 13.0. The normalized spacial score (nSPS) is 14.4. The van der Waals surface area contributed by atoms with E-state index in [9.17, 15) is 6.85 Å². The Bertz CT molecular complexity index is 3840. The summed E-state index contributed by atoms with van der Waals surface area (Å²) in [5, 5.41) is 2.77. The predicted octanol–water partition coefficient (Wildman–Crippen LogP) is 15.4. The fraction of sp³-hybridized carbons (Fsp3) is 0.0169. The molecule has 284 valence electrons. The van der Waals surface area contributed by atoms with Crippen molar-refractivity contribution in [2.75, 3.05) is 4.90 Å².